The van der Waals surface area contributed by atoms with Gasteiger partial charge in [0.05, 0.1) is 6.54 Å². The Morgan fingerprint density at radius 1 is 1.25 bits per heavy atom. The quantitative estimate of drug-likeness (QED) is 0.655. The summed E-state index contributed by atoms with van der Waals surface area (Å²) in [6.45, 7) is 10.4. The van der Waals surface area contributed by atoms with Gasteiger partial charge in [-0.05, 0) is 5.41 Å². The van der Waals surface area contributed by atoms with Gasteiger partial charge in [-0.1, -0.05) is 26.7 Å². The summed E-state index contributed by atoms with van der Waals surface area (Å²) in [6, 6.07) is 0. The van der Waals surface area contributed by atoms with E-state index in [2.05, 4.69) is 31.6 Å². The number of terminal acetylenes is 1. The van der Waals surface area contributed by atoms with E-state index in [1.165, 1.54) is 0 Å². The van der Waals surface area contributed by atoms with Gasteiger partial charge in [0.2, 0.25) is 5.91 Å². The number of nitrogens with zero attached hydrogens (tertiary/aromatic N) is 2. The molecule has 90 valence electrons. The van der Waals surface area contributed by atoms with Crippen molar-refractivity contribution in [2.24, 2.45) is 5.41 Å². The molecule has 0 spiro atoms. The fourth-order valence-electron chi connectivity index (χ4n) is 1.85. The summed E-state index contributed by atoms with van der Waals surface area (Å²) in [6.07, 6.45) is 5.89. The van der Waals surface area contributed by atoms with Crippen LogP contribution in [-0.4, -0.2) is 48.4 Å². The third-order valence-corrected chi connectivity index (χ3v) is 2.72. The molecule has 0 aromatic heterocycles. The third-order valence-electron chi connectivity index (χ3n) is 2.72. The molecule has 1 heterocycles. The monoisotopic (exact) mass is 222 g/mol. The minimum Gasteiger partial charge on any atom is -0.340 e. The van der Waals surface area contributed by atoms with Crippen molar-refractivity contribution in [3.8, 4) is 12.3 Å². The van der Waals surface area contributed by atoms with Crippen molar-refractivity contribution in [3.05, 3.63) is 0 Å². The molecule has 1 aliphatic heterocycles. The third kappa shape index (κ3) is 4.24. The van der Waals surface area contributed by atoms with E-state index in [0.717, 1.165) is 26.2 Å². The average molecular weight is 222 g/mol. The molecule has 1 amide bonds. The largest absolute Gasteiger partial charge is 0.340 e. The number of hydrogen-bond acceptors (Lipinski definition) is 2. The molecule has 0 atom stereocenters. The second-order valence-electron chi connectivity index (χ2n) is 5.60. The van der Waals surface area contributed by atoms with E-state index in [1.54, 1.807) is 0 Å². The first-order valence-corrected chi connectivity index (χ1v) is 5.86. The van der Waals surface area contributed by atoms with E-state index >= 15 is 0 Å². The molecule has 1 aliphatic rings. The molecule has 16 heavy (non-hydrogen) atoms. The molecule has 3 nitrogen and oxygen atoms in total. The number of rotatable bonds is 2. The second kappa shape index (κ2) is 5.36. The maximum Gasteiger partial charge on any atom is 0.223 e. The van der Waals surface area contributed by atoms with Crippen molar-refractivity contribution in [3.63, 3.8) is 0 Å². The first-order chi connectivity index (χ1) is 7.42. The highest BCUT2D eigenvalue weighted by molar-refractivity contribution is 5.76. The lowest BCUT2D eigenvalue weighted by molar-refractivity contribution is -0.134. The van der Waals surface area contributed by atoms with Crippen LogP contribution < -0.4 is 0 Å². The fourth-order valence-corrected chi connectivity index (χ4v) is 1.85. The van der Waals surface area contributed by atoms with Crippen molar-refractivity contribution in [2.45, 2.75) is 27.2 Å². The van der Waals surface area contributed by atoms with Crippen LogP contribution in [0.1, 0.15) is 27.2 Å². The summed E-state index contributed by atoms with van der Waals surface area (Å²) in [5, 5.41) is 0. The zero-order valence-electron chi connectivity index (χ0n) is 10.6. The SMILES string of the molecule is C#CCN1CCN(C(=O)CC(C)(C)C)CC1. The Kier molecular flexibility index (Phi) is 4.37. The van der Waals surface area contributed by atoms with Gasteiger partial charge in [-0.2, -0.15) is 0 Å². The van der Waals surface area contributed by atoms with Crippen molar-refractivity contribution >= 4 is 5.91 Å². The topological polar surface area (TPSA) is 23.6 Å². The molecule has 0 aromatic carbocycles. The zero-order valence-corrected chi connectivity index (χ0v) is 10.6. The van der Waals surface area contributed by atoms with Gasteiger partial charge >= 0.3 is 0 Å². The minimum absolute atomic E-state index is 0.0764. The van der Waals surface area contributed by atoms with Crippen LogP contribution in [0, 0.1) is 17.8 Å². The van der Waals surface area contributed by atoms with Crippen molar-refractivity contribution in [2.75, 3.05) is 32.7 Å². The summed E-state index contributed by atoms with van der Waals surface area (Å²) in [4.78, 5) is 16.1. The van der Waals surface area contributed by atoms with E-state index in [-0.39, 0.29) is 11.3 Å². The van der Waals surface area contributed by atoms with Crippen LogP contribution in [0.3, 0.4) is 0 Å². The van der Waals surface area contributed by atoms with Crippen LogP contribution in [-0.2, 0) is 4.79 Å². The smallest absolute Gasteiger partial charge is 0.223 e. The Labute approximate surface area is 98.8 Å². The van der Waals surface area contributed by atoms with Crippen LogP contribution in [0.2, 0.25) is 0 Å². The van der Waals surface area contributed by atoms with Gasteiger partial charge in [0.15, 0.2) is 0 Å². The van der Waals surface area contributed by atoms with Crippen LogP contribution in [0.25, 0.3) is 0 Å². The Balaban J connectivity index is 2.37. The molecule has 0 saturated carbocycles. The molecule has 1 rings (SSSR count). The van der Waals surface area contributed by atoms with E-state index < -0.39 is 0 Å². The summed E-state index contributed by atoms with van der Waals surface area (Å²) in [5.41, 5.74) is 0.0764. The van der Waals surface area contributed by atoms with Gasteiger partial charge in [-0.3, -0.25) is 9.69 Å². The standard InChI is InChI=1S/C13H22N2O/c1-5-6-14-7-9-15(10-8-14)12(16)11-13(2,3)4/h1H,6-11H2,2-4H3. The van der Waals surface area contributed by atoms with Crippen molar-refractivity contribution < 1.29 is 4.79 Å². The van der Waals surface area contributed by atoms with Crippen LogP contribution in [0.15, 0.2) is 0 Å². The average Bonchev–Trinajstić information content (AvgIpc) is 2.16. The summed E-state index contributed by atoms with van der Waals surface area (Å²) in [7, 11) is 0. The molecule has 0 aromatic rings. The Morgan fingerprint density at radius 3 is 2.25 bits per heavy atom. The van der Waals surface area contributed by atoms with Gasteiger partial charge in [0.25, 0.3) is 0 Å². The predicted molar refractivity (Wildman–Crippen MR) is 65.9 cm³/mol. The lowest BCUT2D eigenvalue weighted by Crippen LogP contribution is -2.49. The number of hydrogen-bond donors (Lipinski definition) is 0. The van der Waals surface area contributed by atoms with Gasteiger partial charge in [0.1, 0.15) is 0 Å². The highest BCUT2D eigenvalue weighted by Crippen LogP contribution is 2.20. The molecular formula is C13H22N2O. The van der Waals surface area contributed by atoms with Gasteiger partial charge < -0.3 is 4.90 Å². The highest BCUT2D eigenvalue weighted by atomic mass is 16.2. The highest BCUT2D eigenvalue weighted by Gasteiger charge is 2.24. The van der Waals surface area contributed by atoms with Crippen LogP contribution in [0.5, 0.6) is 0 Å². The Bertz CT molecular complexity index is 277. The lowest BCUT2D eigenvalue weighted by atomic mass is 9.91. The van der Waals surface area contributed by atoms with E-state index in [0.29, 0.717) is 13.0 Å². The van der Waals surface area contributed by atoms with E-state index in [1.807, 2.05) is 4.90 Å². The first-order valence-electron chi connectivity index (χ1n) is 5.86. The van der Waals surface area contributed by atoms with Crippen LogP contribution in [0.4, 0.5) is 0 Å². The van der Waals surface area contributed by atoms with Crippen LogP contribution >= 0.6 is 0 Å². The number of piperazine rings is 1. The predicted octanol–water partition coefficient (Wildman–Crippen LogP) is 1.20. The molecule has 0 bridgehead atoms. The lowest BCUT2D eigenvalue weighted by Gasteiger charge is -2.35. The molecule has 0 N–H and O–H groups in total. The van der Waals surface area contributed by atoms with Gasteiger partial charge in [0, 0.05) is 32.6 Å². The Morgan fingerprint density at radius 2 is 1.81 bits per heavy atom. The second-order valence-corrected chi connectivity index (χ2v) is 5.60. The maximum atomic E-state index is 11.9. The zero-order chi connectivity index (χ0) is 12.2. The van der Waals surface area contributed by atoms with Gasteiger partial charge in [-0.25, -0.2) is 0 Å². The number of amides is 1. The molecule has 3 heteroatoms. The van der Waals surface area contributed by atoms with Crippen molar-refractivity contribution in [1.29, 1.82) is 0 Å². The normalized spacial score (nSPS) is 18.2. The number of carbonyl (C=O) groups excluding carboxylic acids is 1. The van der Waals surface area contributed by atoms with E-state index in [9.17, 15) is 4.79 Å². The summed E-state index contributed by atoms with van der Waals surface area (Å²) < 4.78 is 0. The summed E-state index contributed by atoms with van der Waals surface area (Å²) in [5.74, 6) is 2.91. The fraction of sp³-hybridized carbons (Fsp3) is 0.769. The minimum atomic E-state index is 0.0764. The molecule has 0 radical (unpaired) electrons. The van der Waals surface area contributed by atoms with Crippen molar-refractivity contribution in [1.82, 2.24) is 9.80 Å². The number of carbonyl (C=O) groups is 1. The Hall–Kier alpha value is -1.01. The maximum absolute atomic E-state index is 11.9. The molecular weight excluding hydrogens is 200 g/mol. The van der Waals surface area contributed by atoms with Gasteiger partial charge in [-0.15, -0.1) is 6.42 Å². The summed E-state index contributed by atoms with van der Waals surface area (Å²) >= 11 is 0. The van der Waals surface area contributed by atoms with E-state index in [4.69, 9.17) is 6.42 Å². The molecule has 0 unspecified atom stereocenters. The molecule has 1 fully saturated rings. The molecule has 1 saturated heterocycles. The first kappa shape index (κ1) is 13.1. The molecule has 0 aliphatic carbocycles.